The number of fused-ring (bicyclic) bond motifs is 1. The second-order valence-corrected chi connectivity index (χ2v) is 8.54. The van der Waals surface area contributed by atoms with E-state index in [0.717, 1.165) is 23.2 Å². The van der Waals surface area contributed by atoms with Gasteiger partial charge in [-0.25, -0.2) is 4.98 Å². The molecule has 3 rings (SSSR count). The van der Waals surface area contributed by atoms with Crippen LogP contribution in [-0.4, -0.2) is 27.3 Å². The zero-order valence-corrected chi connectivity index (χ0v) is 17.5. The fraction of sp³-hybridized carbons (Fsp3) is 0.350. The SMILES string of the molecule is CCC(C)NC(=O)CSc1nc2ccsc2c(=O)n1-c1cc(C)cc(C)c1. The van der Waals surface area contributed by atoms with Crippen LogP contribution in [0.1, 0.15) is 31.4 Å². The molecule has 0 saturated carbocycles. The smallest absolute Gasteiger partial charge is 0.276 e. The maximum atomic E-state index is 13.1. The number of nitrogens with one attached hydrogen (secondary N) is 1. The summed E-state index contributed by atoms with van der Waals surface area (Å²) >= 11 is 2.68. The van der Waals surface area contributed by atoms with E-state index in [0.29, 0.717) is 15.4 Å². The Kier molecular flexibility index (Phi) is 6.01. The third kappa shape index (κ3) is 4.42. The Morgan fingerprint density at radius 3 is 2.67 bits per heavy atom. The van der Waals surface area contributed by atoms with Crippen molar-refractivity contribution in [2.75, 3.05) is 5.75 Å². The summed E-state index contributed by atoms with van der Waals surface area (Å²) in [6.45, 7) is 8.02. The Morgan fingerprint density at radius 2 is 2.00 bits per heavy atom. The van der Waals surface area contributed by atoms with Crippen LogP contribution in [-0.2, 0) is 4.79 Å². The van der Waals surface area contributed by atoms with Crippen molar-refractivity contribution in [3.63, 3.8) is 0 Å². The van der Waals surface area contributed by atoms with Crippen LogP contribution in [0.4, 0.5) is 0 Å². The van der Waals surface area contributed by atoms with E-state index in [4.69, 9.17) is 0 Å². The predicted molar refractivity (Wildman–Crippen MR) is 113 cm³/mol. The van der Waals surface area contributed by atoms with E-state index in [-0.39, 0.29) is 23.3 Å². The number of amides is 1. The van der Waals surface area contributed by atoms with E-state index in [2.05, 4.69) is 16.4 Å². The number of aromatic nitrogens is 2. The zero-order chi connectivity index (χ0) is 19.6. The summed E-state index contributed by atoms with van der Waals surface area (Å²) in [5.41, 5.74) is 3.52. The summed E-state index contributed by atoms with van der Waals surface area (Å²) in [5, 5.41) is 5.36. The monoisotopic (exact) mass is 401 g/mol. The van der Waals surface area contributed by atoms with Crippen molar-refractivity contribution in [1.29, 1.82) is 0 Å². The van der Waals surface area contributed by atoms with Gasteiger partial charge in [-0.2, -0.15) is 0 Å². The van der Waals surface area contributed by atoms with Crippen molar-refractivity contribution >= 4 is 39.2 Å². The first-order chi connectivity index (χ1) is 12.9. The summed E-state index contributed by atoms with van der Waals surface area (Å²) in [6.07, 6.45) is 0.878. The standard InChI is InChI=1S/C20H23N3O2S2/c1-5-14(4)21-17(24)11-27-20-22-16-6-7-26-18(16)19(25)23(20)15-9-12(2)8-13(3)10-15/h6-10,14H,5,11H2,1-4H3,(H,21,24). The average molecular weight is 402 g/mol. The predicted octanol–water partition coefficient (Wildman–Crippen LogP) is 4.07. The highest BCUT2D eigenvalue weighted by atomic mass is 32.2. The molecule has 1 unspecified atom stereocenters. The maximum absolute atomic E-state index is 13.1. The number of nitrogens with zero attached hydrogens (tertiary/aromatic N) is 2. The maximum Gasteiger partial charge on any atom is 0.276 e. The molecular weight excluding hydrogens is 378 g/mol. The second-order valence-electron chi connectivity index (χ2n) is 6.68. The minimum Gasteiger partial charge on any atom is -0.353 e. The van der Waals surface area contributed by atoms with Gasteiger partial charge in [-0.3, -0.25) is 14.2 Å². The molecule has 5 nitrogen and oxygen atoms in total. The number of carbonyl (C=O) groups excluding carboxylic acids is 1. The quantitative estimate of drug-likeness (QED) is 0.499. The van der Waals surface area contributed by atoms with Crippen LogP contribution in [0, 0.1) is 13.8 Å². The number of hydrogen-bond donors (Lipinski definition) is 1. The molecule has 0 aliphatic carbocycles. The van der Waals surface area contributed by atoms with Gasteiger partial charge in [0.05, 0.1) is 17.0 Å². The largest absolute Gasteiger partial charge is 0.353 e. The molecule has 0 aliphatic rings. The third-order valence-corrected chi connectivity index (χ3v) is 6.10. The number of aryl methyl sites for hydroxylation is 2. The number of benzene rings is 1. The molecule has 27 heavy (non-hydrogen) atoms. The van der Waals surface area contributed by atoms with Crippen LogP contribution in [0.25, 0.3) is 15.9 Å². The van der Waals surface area contributed by atoms with Gasteiger partial charge < -0.3 is 5.32 Å². The molecule has 0 fully saturated rings. The summed E-state index contributed by atoms with van der Waals surface area (Å²) < 4.78 is 2.25. The molecule has 1 amide bonds. The summed E-state index contributed by atoms with van der Waals surface area (Å²) in [7, 11) is 0. The van der Waals surface area contributed by atoms with Gasteiger partial charge in [-0.1, -0.05) is 24.8 Å². The van der Waals surface area contributed by atoms with E-state index in [1.807, 2.05) is 51.3 Å². The van der Waals surface area contributed by atoms with Gasteiger partial charge in [0, 0.05) is 6.04 Å². The Balaban J connectivity index is 2.03. The molecule has 0 saturated heterocycles. The van der Waals surface area contributed by atoms with Gasteiger partial charge in [0.15, 0.2) is 5.16 Å². The van der Waals surface area contributed by atoms with Crippen LogP contribution in [0.3, 0.4) is 0 Å². The molecule has 2 heterocycles. The second kappa shape index (κ2) is 8.27. The van der Waals surface area contributed by atoms with Gasteiger partial charge in [-0.15, -0.1) is 11.3 Å². The Hall–Kier alpha value is -2.12. The lowest BCUT2D eigenvalue weighted by Crippen LogP contribution is -2.33. The number of rotatable bonds is 6. The highest BCUT2D eigenvalue weighted by Crippen LogP contribution is 2.24. The number of hydrogen-bond acceptors (Lipinski definition) is 5. The van der Waals surface area contributed by atoms with Crippen LogP contribution in [0.15, 0.2) is 39.6 Å². The van der Waals surface area contributed by atoms with Crippen LogP contribution < -0.4 is 10.9 Å². The lowest BCUT2D eigenvalue weighted by atomic mass is 10.1. The molecule has 0 aliphatic heterocycles. The molecule has 0 radical (unpaired) electrons. The lowest BCUT2D eigenvalue weighted by molar-refractivity contribution is -0.119. The zero-order valence-electron chi connectivity index (χ0n) is 15.9. The van der Waals surface area contributed by atoms with Crippen molar-refractivity contribution in [2.24, 2.45) is 0 Å². The average Bonchev–Trinajstić information content (AvgIpc) is 3.07. The van der Waals surface area contributed by atoms with Gasteiger partial charge in [0.25, 0.3) is 5.56 Å². The minimum atomic E-state index is -0.0927. The molecule has 0 spiro atoms. The molecule has 2 aromatic heterocycles. The molecule has 1 aromatic carbocycles. The van der Waals surface area contributed by atoms with E-state index in [1.165, 1.54) is 23.1 Å². The first-order valence-corrected chi connectivity index (χ1v) is 10.8. The van der Waals surface area contributed by atoms with Crippen LogP contribution in [0.2, 0.25) is 0 Å². The van der Waals surface area contributed by atoms with Crippen molar-refractivity contribution in [3.8, 4) is 5.69 Å². The molecule has 142 valence electrons. The number of thiophene rings is 1. The highest BCUT2D eigenvalue weighted by molar-refractivity contribution is 7.99. The van der Waals surface area contributed by atoms with Crippen molar-refractivity contribution < 1.29 is 4.79 Å². The van der Waals surface area contributed by atoms with Crippen molar-refractivity contribution in [1.82, 2.24) is 14.9 Å². The van der Waals surface area contributed by atoms with Crippen LogP contribution >= 0.6 is 23.1 Å². The Labute approximate surface area is 166 Å². The molecular formula is C20H23N3O2S2. The Morgan fingerprint density at radius 1 is 1.30 bits per heavy atom. The van der Waals surface area contributed by atoms with Crippen molar-refractivity contribution in [3.05, 3.63) is 51.1 Å². The molecule has 7 heteroatoms. The topological polar surface area (TPSA) is 64.0 Å². The van der Waals surface area contributed by atoms with Gasteiger partial charge in [0.2, 0.25) is 5.91 Å². The van der Waals surface area contributed by atoms with Crippen LogP contribution in [0.5, 0.6) is 0 Å². The molecule has 3 aromatic rings. The van der Waals surface area contributed by atoms with E-state index >= 15 is 0 Å². The third-order valence-electron chi connectivity index (χ3n) is 4.27. The summed E-state index contributed by atoms with van der Waals surface area (Å²) in [4.78, 5) is 30.0. The van der Waals surface area contributed by atoms with E-state index in [9.17, 15) is 9.59 Å². The first kappa shape index (κ1) is 19.6. The molecule has 0 bridgehead atoms. The number of carbonyl (C=O) groups is 1. The van der Waals surface area contributed by atoms with Gasteiger partial charge in [-0.05, 0) is 61.9 Å². The fourth-order valence-corrected chi connectivity index (χ4v) is 4.43. The van der Waals surface area contributed by atoms with Gasteiger partial charge >= 0.3 is 0 Å². The van der Waals surface area contributed by atoms with Gasteiger partial charge in [0.1, 0.15) is 4.70 Å². The highest BCUT2D eigenvalue weighted by Gasteiger charge is 2.16. The normalized spacial score (nSPS) is 12.3. The van der Waals surface area contributed by atoms with E-state index in [1.54, 1.807) is 4.57 Å². The number of thioether (sulfide) groups is 1. The minimum absolute atomic E-state index is 0.0546. The molecule has 1 N–H and O–H groups in total. The Bertz CT molecular complexity index is 1020. The molecule has 1 atom stereocenters. The van der Waals surface area contributed by atoms with E-state index < -0.39 is 0 Å². The lowest BCUT2D eigenvalue weighted by Gasteiger charge is -2.14. The fourth-order valence-electron chi connectivity index (χ4n) is 2.84. The first-order valence-electron chi connectivity index (χ1n) is 8.90. The summed E-state index contributed by atoms with van der Waals surface area (Å²) in [6, 6.07) is 7.98. The van der Waals surface area contributed by atoms with Crippen molar-refractivity contribution in [2.45, 2.75) is 45.3 Å². The summed E-state index contributed by atoms with van der Waals surface area (Å²) in [5.74, 6) is 0.165.